The van der Waals surface area contributed by atoms with Crippen LogP contribution >= 0.6 is 46.6 Å². The minimum Gasteiger partial charge on any atom is -0.217 e. The van der Waals surface area contributed by atoms with Crippen molar-refractivity contribution in [3.8, 4) is 0 Å². The average Bonchev–Trinajstić information content (AvgIpc) is 2.32. The lowest BCUT2D eigenvalue weighted by molar-refractivity contribution is -0.145. The summed E-state index contributed by atoms with van der Waals surface area (Å²) < 4.78 is 37.7. The number of halogens is 6. The first kappa shape index (κ1) is 15.7. The molecule has 0 unspecified atom stereocenters. The second-order valence-corrected chi connectivity index (χ2v) is 5.82. The number of nitrogens with zero attached hydrogens (tertiary/aromatic N) is 2. The molecular formula is C11H4Cl3F3N2S. The van der Waals surface area contributed by atoms with E-state index in [0.29, 0.717) is 14.9 Å². The topological polar surface area (TPSA) is 25.8 Å². The summed E-state index contributed by atoms with van der Waals surface area (Å²) in [4.78, 5) is 7.15. The standard InChI is InChI=1S/C11H4Cl3F3N2S/c12-6-2-1-5(3-7(6)13)20-9-4-8(14)18-10(19-9)11(15,16)17/h1-4H. The Morgan fingerprint density at radius 2 is 1.65 bits per heavy atom. The van der Waals surface area contributed by atoms with Gasteiger partial charge in [-0.15, -0.1) is 0 Å². The molecule has 0 N–H and O–H groups in total. The highest BCUT2D eigenvalue weighted by Crippen LogP contribution is 2.34. The zero-order valence-corrected chi connectivity index (χ0v) is 12.5. The van der Waals surface area contributed by atoms with Crippen LogP contribution in [0.2, 0.25) is 15.2 Å². The molecule has 0 aliphatic carbocycles. The van der Waals surface area contributed by atoms with Gasteiger partial charge in [0, 0.05) is 11.0 Å². The smallest absolute Gasteiger partial charge is 0.217 e. The van der Waals surface area contributed by atoms with E-state index in [-0.39, 0.29) is 10.2 Å². The zero-order chi connectivity index (χ0) is 14.9. The lowest BCUT2D eigenvalue weighted by Gasteiger charge is -2.08. The summed E-state index contributed by atoms with van der Waals surface area (Å²) in [5.74, 6) is -1.28. The molecule has 9 heteroatoms. The maximum atomic E-state index is 12.6. The van der Waals surface area contributed by atoms with Crippen LogP contribution < -0.4 is 0 Å². The monoisotopic (exact) mass is 358 g/mol. The van der Waals surface area contributed by atoms with Crippen molar-refractivity contribution in [2.24, 2.45) is 0 Å². The van der Waals surface area contributed by atoms with Crippen LogP contribution in [0, 0.1) is 0 Å². The summed E-state index contributed by atoms with van der Waals surface area (Å²) in [6.07, 6.45) is -4.65. The molecule has 106 valence electrons. The summed E-state index contributed by atoms with van der Waals surface area (Å²) in [5.41, 5.74) is 0. The van der Waals surface area contributed by atoms with Gasteiger partial charge in [-0.05, 0) is 18.2 Å². The quantitative estimate of drug-likeness (QED) is 0.652. The van der Waals surface area contributed by atoms with E-state index in [1.54, 1.807) is 12.1 Å². The van der Waals surface area contributed by atoms with Gasteiger partial charge < -0.3 is 0 Å². The van der Waals surface area contributed by atoms with E-state index >= 15 is 0 Å². The number of hydrogen-bond acceptors (Lipinski definition) is 3. The minimum absolute atomic E-state index is 0.0655. The van der Waals surface area contributed by atoms with Crippen LogP contribution in [0.3, 0.4) is 0 Å². The van der Waals surface area contributed by atoms with Crippen LogP contribution in [-0.2, 0) is 6.18 Å². The number of rotatable bonds is 2. The van der Waals surface area contributed by atoms with Crippen molar-refractivity contribution in [2.75, 3.05) is 0 Å². The van der Waals surface area contributed by atoms with E-state index in [1.807, 2.05) is 0 Å². The maximum absolute atomic E-state index is 12.6. The molecule has 0 aliphatic rings. The van der Waals surface area contributed by atoms with Crippen molar-refractivity contribution in [1.82, 2.24) is 9.97 Å². The second-order valence-electron chi connectivity index (χ2n) is 3.53. The van der Waals surface area contributed by atoms with Crippen molar-refractivity contribution in [2.45, 2.75) is 16.1 Å². The number of alkyl halides is 3. The van der Waals surface area contributed by atoms with Crippen molar-refractivity contribution in [1.29, 1.82) is 0 Å². The molecule has 0 saturated heterocycles. The number of hydrogen-bond donors (Lipinski definition) is 0. The molecule has 0 fully saturated rings. The first-order valence-electron chi connectivity index (χ1n) is 5.00. The maximum Gasteiger partial charge on any atom is 0.451 e. The van der Waals surface area contributed by atoms with Crippen molar-refractivity contribution in [3.05, 3.63) is 45.3 Å². The summed E-state index contributed by atoms with van der Waals surface area (Å²) in [6, 6.07) is 5.92. The number of benzene rings is 1. The third kappa shape index (κ3) is 3.91. The molecule has 0 amide bonds. The molecule has 0 aliphatic heterocycles. The van der Waals surface area contributed by atoms with Crippen molar-refractivity contribution in [3.63, 3.8) is 0 Å². The molecule has 1 heterocycles. The first-order chi connectivity index (χ1) is 9.25. The van der Waals surface area contributed by atoms with Crippen molar-refractivity contribution >= 4 is 46.6 Å². The van der Waals surface area contributed by atoms with Gasteiger partial charge in [0.25, 0.3) is 0 Å². The largest absolute Gasteiger partial charge is 0.451 e. The number of aromatic nitrogens is 2. The fourth-order valence-electron chi connectivity index (χ4n) is 1.24. The third-order valence-electron chi connectivity index (χ3n) is 2.04. The molecule has 0 spiro atoms. The van der Waals surface area contributed by atoms with E-state index in [9.17, 15) is 13.2 Å². The Balaban J connectivity index is 2.33. The Morgan fingerprint density at radius 3 is 2.25 bits per heavy atom. The first-order valence-corrected chi connectivity index (χ1v) is 6.95. The van der Waals surface area contributed by atoms with E-state index in [0.717, 1.165) is 11.8 Å². The molecule has 1 aromatic heterocycles. The van der Waals surface area contributed by atoms with Crippen LogP contribution in [0.15, 0.2) is 34.2 Å². The highest BCUT2D eigenvalue weighted by molar-refractivity contribution is 7.99. The van der Waals surface area contributed by atoms with Gasteiger partial charge in [0.05, 0.1) is 10.0 Å². The predicted molar refractivity (Wildman–Crippen MR) is 72.6 cm³/mol. The van der Waals surface area contributed by atoms with Crippen LogP contribution in [0.5, 0.6) is 0 Å². The van der Waals surface area contributed by atoms with E-state index in [1.165, 1.54) is 12.1 Å². The summed E-state index contributed by atoms with van der Waals surface area (Å²) in [7, 11) is 0. The van der Waals surface area contributed by atoms with Gasteiger partial charge in [-0.1, -0.05) is 46.6 Å². The van der Waals surface area contributed by atoms with Crippen LogP contribution in [0.25, 0.3) is 0 Å². The summed E-state index contributed by atoms with van der Waals surface area (Å²) in [6.45, 7) is 0. The highest BCUT2D eigenvalue weighted by Gasteiger charge is 2.35. The fourth-order valence-corrected chi connectivity index (χ4v) is 2.71. The Kier molecular flexibility index (Phi) is 4.69. The van der Waals surface area contributed by atoms with Gasteiger partial charge in [0.15, 0.2) is 0 Å². The Bertz CT molecular complexity index is 649. The van der Waals surface area contributed by atoms with Crippen LogP contribution in [0.4, 0.5) is 13.2 Å². The van der Waals surface area contributed by atoms with Crippen LogP contribution in [0.1, 0.15) is 5.82 Å². The van der Waals surface area contributed by atoms with E-state index in [4.69, 9.17) is 34.8 Å². The molecule has 2 rings (SSSR count). The molecule has 0 radical (unpaired) electrons. The van der Waals surface area contributed by atoms with Crippen LogP contribution in [-0.4, -0.2) is 9.97 Å². The molecular weight excluding hydrogens is 356 g/mol. The van der Waals surface area contributed by atoms with E-state index in [2.05, 4.69) is 9.97 Å². The van der Waals surface area contributed by atoms with Crippen molar-refractivity contribution < 1.29 is 13.2 Å². The lowest BCUT2D eigenvalue weighted by Crippen LogP contribution is -2.11. The average molecular weight is 360 g/mol. The molecule has 2 aromatic rings. The minimum atomic E-state index is -4.65. The van der Waals surface area contributed by atoms with Gasteiger partial charge in [-0.2, -0.15) is 13.2 Å². The van der Waals surface area contributed by atoms with Gasteiger partial charge >= 0.3 is 6.18 Å². The lowest BCUT2D eigenvalue weighted by atomic mass is 10.4. The second kappa shape index (κ2) is 5.97. The summed E-state index contributed by atoms with van der Waals surface area (Å²) in [5, 5.41) is 0.436. The molecule has 0 atom stereocenters. The predicted octanol–water partition coefficient (Wildman–Crippen LogP) is 5.61. The molecule has 0 saturated carbocycles. The van der Waals surface area contributed by atoms with Gasteiger partial charge in [0.2, 0.25) is 5.82 Å². The van der Waals surface area contributed by atoms with Gasteiger partial charge in [0.1, 0.15) is 10.2 Å². The Hall–Kier alpha value is -0.690. The summed E-state index contributed by atoms with van der Waals surface area (Å²) >= 11 is 18.1. The molecule has 2 nitrogen and oxygen atoms in total. The molecule has 1 aromatic carbocycles. The highest BCUT2D eigenvalue weighted by atomic mass is 35.5. The fraction of sp³-hybridized carbons (Fsp3) is 0.0909. The SMILES string of the molecule is FC(F)(F)c1nc(Cl)cc(Sc2ccc(Cl)c(Cl)c2)n1. The van der Waals surface area contributed by atoms with Gasteiger partial charge in [-0.25, -0.2) is 9.97 Å². The normalized spacial score (nSPS) is 11.7. The van der Waals surface area contributed by atoms with Gasteiger partial charge in [-0.3, -0.25) is 0 Å². The Labute approximate surface area is 131 Å². The third-order valence-corrected chi connectivity index (χ3v) is 3.88. The Morgan fingerprint density at radius 1 is 0.950 bits per heavy atom. The molecule has 0 bridgehead atoms. The zero-order valence-electron chi connectivity index (χ0n) is 9.38. The van der Waals surface area contributed by atoms with E-state index < -0.39 is 12.0 Å². The molecule has 20 heavy (non-hydrogen) atoms.